The van der Waals surface area contributed by atoms with Crippen molar-refractivity contribution in [3.8, 4) is 0 Å². The van der Waals surface area contributed by atoms with Crippen LogP contribution in [-0.2, 0) is 17.1 Å². The van der Waals surface area contributed by atoms with Gasteiger partial charge in [0.2, 0.25) is 10.0 Å². The number of rotatable bonds is 5. The van der Waals surface area contributed by atoms with Crippen LogP contribution in [-0.4, -0.2) is 23.1 Å². The molecule has 0 spiro atoms. The maximum atomic E-state index is 13.2. The predicted molar refractivity (Wildman–Crippen MR) is 105 cm³/mol. The van der Waals surface area contributed by atoms with Crippen LogP contribution in [0, 0.1) is 13.8 Å². The second-order valence-electron chi connectivity index (χ2n) is 6.64. The summed E-state index contributed by atoms with van der Waals surface area (Å²) in [5, 5.41) is 3.77. The lowest BCUT2D eigenvalue weighted by atomic mass is 10.1. The summed E-state index contributed by atoms with van der Waals surface area (Å²) >= 11 is 0. The Morgan fingerprint density at radius 2 is 1.71 bits per heavy atom. The van der Waals surface area contributed by atoms with E-state index in [2.05, 4.69) is 9.88 Å². The van der Waals surface area contributed by atoms with E-state index in [-0.39, 0.29) is 10.7 Å². The number of aromatic nitrogens is 3. The molecular weight excluding hydrogens is 376 g/mol. The molecule has 0 amide bonds. The van der Waals surface area contributed by atoms with E-state index in [9.17, 15) is 8.42 Å². The van der Waals surface area contributed by atoms with Gasteiger partial charge in [0.05, 0.1) is 11.0 Å². The average molecular weight is 396 g/mol. The molecule has 8 heteroatoms. The number of nitrogens with one attached hydrogen (secondary N) is 1. The number of imidazole rings is 1. The van der Waals surface area contributed by atoms with Crippen LogP contribution in [0.4, 0.5) is 0 Å². The largest absolute Gasteiger partial charge is 0.360 e. The molecule has 1 atom stereocenters. The summed E-state index contributed by atoms with van der Waals surface area (Å²) in [6.45, 7) is 3.19. The third-order valence-electron chi connectivity index (χ3n) is 4.72. The maximum Gasteiger partial charge on any atom is 0.246 e. The van der Waals surface area contributed by atoms with Crippen LogP contribution in [0.15, 0.2) is 64.0 Å². The molecule has 1 N–H and O–H groups in total. The molecule has 0 aliphatic rings. The third kappa shape index (κ3) is 3.10. The van der Waals surface area contributed by atoms with Crippen LogP contribution in [0.3, 0.4) is 0 Å². The van der Waals surface area contributed by atoms with Gasteiger partial charge in [0.25, 0.3) is 0 Å². The molecular formula is C20H20N4O3S. The zero-order valence-corrected chi connectivity index (χ0v) is 16.6. The van der Waals surface area contributed by atoms with Crippen molar-refractivity contribution in [2.75, 3.05) is 0 Å². The Morgan fingerprint density at radius 3 is 2.36 bits per heavy atom. The van der Waals surface area contributed by atoms with E-state index < -0.39 is 16.1 Å². The summed E-state index contributed by atoms with van der Waals surface area (Å²) in [6, 6.07) is 16.4. The first kappa shape index (κ1) is 18.4. The molecule has 2 aromatic heterocycles. The van der Waals surface area contributed by atoms with Crippen LogP contribution < -0.4 is 4.72 Å². The average Bonchev–Trinajstić information content (AvgIpc) is 3.20. The molecule has 2 aromatic carbocycles. The van der Waals surface area contributed by atoms with Crippen LogP contribution >= 0.6 is 0 Å². The van der Waals surface area contributed by atoms with Crippen molar-refractivity contribution in [1.82, 2.24) is 19.4 Å². The second-order valence-corrected chi connectivity index (χ2v) is 8.29. The summed E-state index contributed by atoms with van der Waals surface area (Å²) < 4.78 is 36.1. The fourth-order valence-corrected chi connectivity index (χ4v) is 4.92. The van der Waals surface area contributed by atoms with Gasteiger partial charge in [-0.3, -0.25) is 0 Å². The van der Waals surface area contributed by atoms with Gasteiger partial charge in [-0.15, -0.1) is 0 Å². The molecule has 0 bridgehead atoms. The molecule has 1 unspecified atom stereocenters. The molecule has 28 heavy (non-hydrogen) atoms. The van der Waals surface area contributed by atoms with Crippen molar-refractivity contribution in [2.45, 2.75) is 24.8 Å². The Morgan fingerprint density at radius 1 is 1.04 bits per heavy atom. The molecule has 4 rings (SSSR count). The first-order valence-electron chi connectivity index (χ1n) is 8.80. The van der Waals surface area contributed by atoms with Gasteiger partial charge in [-0.25, -0.2) is 13.4 Å². The van der Waals surface area contributed by atoms with E-state index in [1.54, 1.807) is 13.8 Å². The van der Waals surface area contributed by atoms with E-state index in [1.165, 1.54) is 0 Å². The van der Waals surface area contributed by atoms with Crippen LogP contribution in [0.5, 0.6) is 0 Å². The zero-order chi connectivity index (χ0) is 19.9. The number of sulfonamides is 1. The topological polar surface area (TPSA) is 90.0 Å². The van der Waals surface area contributed by atoms with E-state index in [0.29, 0.717) is 11.5 Å². The molecule has 7 nitrogen and oxygen atoms in total. The lowest BCUT2D eigenvalue weighted by Crippen LogP contribution is -2.31. The highest BCUT2D eigenvalue weighted by atomic mass is 32.2. The van der Waals surface area contributed by atoms with E-state index in [1.807, 2.05) is 66.2 Å². The highest BCUT2D eigenvalue weighted by molar-refractivity contribution is 7.89. The standard InChI is InChI=1S/C20H20N4O3S/c1-13-19(14(2)27-22-13)28(25,26)23-18(15-9-5-4-6-10-15)20-21-16-11-7-8-12-17(16)24(20)3/h4-12,18,23H,1-3H3. The van der Waals surface area contributed by atoms with E-state index in [4.69, 9.17) is 9.51 Å². The first-order chi connectivity index (χ1) is 13.4. The zero-order valence-electron chi connectivity index (χ0n) is 15.7. The summed E-state index contributed by atoms with van der Waals surface area (Å²) in [5.74, 6) is 0.851. The maximum absolute atomic E-state index is 13.2. The fourth-order valence-electron chi connectivity index (χ4n) is 3.41. The summed E-state index contributed by atoms with van der Waals surface area (Å²) in [4.78, 5) is 4.76. The summed E-state index contributed by atoms with van der Waals surface area (Å²) in [5.41, 5.74) is 2.84. The molecule has 0 saturated carbocycles. The van der Waals surface area contributed by atoms with Gasteiger partial charge in [0.1, 0.15) is 22.5 Å². The van der Waals surface area contributed by atoms with E-state index >= 15 is 0 Å². The molecule has 0 fully saturated rings. The van der Waals surface area contributed by atoms with Gasteiger partial charge in [-0.05, 0) is 31.5 Å². The number of fused-ring (bicyclic) bond motifs is 1. The second kappa shape index (κ2) is 6.88. The minimum Gasteiger partial charge on any atom is -0.360 e. The number of hydrogen-bond donors (Lipinski definition) is 1. The lowest BCUT2D eigenvalue weighted by Gasteiger charge is -2.19. The minimum absolute atomic E-state index is 0.0622. The van der Waals surface area contributed by atoms with Crippen molar-refractivity contribution in [3.63, 3.8) is 0 Å². The number of aryl methyl sites for hydroxylation is 3. The molecule has 4 aromatic rings. The molecule has 0 aliphatic heterocycles. The molecule has 0 aliphatic carbocycles. The Hall–Kier alpha value is -2.97. The summed E-state index contributed by atoms with van der Waals surface area (Å²) in [7, 11) is -2.01. The number of para-hydroxylation sites is 2. The third-order valence-corrected chi connectivity index (χ3v) is 6.39. The Balaban J connectivity index is 1.86. The van der Waals surface area contributed by atoms with Crippen molar-refractivity contribution in [2.24, 2.45) is 7.05 Å². The van der Waals surface area contributed by atoms with Crippen molar-refractivity contribution >= 4 is 21.1 Å². The molecule has 0 saturated heterocycles. The lowest BCUT2D eigenvalue weighted by molar-refractivity contribution is 0.390. The molecule has 144 valence electrons. The monoisotopic (exact) mass is 396 g/mol. The van der Waals surface area contributed by atoms with Crippen LogP contribution in [0.2, 0.25) is 0 Å². The van der Waals surface area contributed by atoms with Gasteiger partial charge in [0, 0.05) is 7.05 Å². The fraction of sp³-hybridized carbons (Fsp3) is 0.200. The van der Waals surface area contributed by atoms with Gasteiger partial charge in [0.15, 0.2) is 5.76 Å². The number of nitrogens with zero attached hydrogens (tertiary/aromatic N) is 3. The number of hydrogen-bond acceptors (Lipinski definition) is 5. The normalized spacial score (nSPS) is 13.1. The van der Waals surface area contributed by atoms with Crippen molar-refractivity contribution in [3.05, 3.63) is 77.4 Å². The van der Waals surface area contributed by atoms with Crippen LogP contribution in [0.25, 0.3) is 11.0 Å². The van der Waals surface area contributed by atoms with Gasteiger partial charge in [-0.1, -0.05) is 47.6 Å². The molecule has 2 heterocycles. The predicted octanol–water partition coefficient (Wildman–Crippen LogP) is 3.25. The SMILES string of the molecule is Cc1noc(C)c1S(=O)(=O)NC(c1ccccc1)c1nc2ccccc2n1C. The van der Waals surface area contributed by atoms with Crippen molar-refractivity contribution in [1.29, 1.82) is 0 Å². The van der Waals surface area contributed by atoms with Gasteiger partial charge in [-0.2, -0.15) is 4.72 Å². The van der Waals surface area contributed by atoms with Gasteiger partial charge < -0.3 is 9.09 Å². The Labute approximate surface area is 163 Å². The highest BCUT2D eigenvalue weighted by Crippen LogP contribution is 2.28. The minimum atomic E-state index is -3.89. The van der Waals surface area contributed by atoms with Crippen LogP contribution in [0.1, 0.15) is 28.9 Å². The summed E-state index contributed by atoms with van der Waals surface area (Å²) in [6.07, 6.45) is 0. The smallest absolute Gasteiger partial charge is 0.246 e. The van der Waals surface area contributed by atoms with Gasteiger partial charge >= 0.3 is 0 Å². The van der Waals surface area contributed by atoms with Crippen molar-refractivity contribution < 1.29 is 12.9 Å². The van der Waals surface area contributed by atoms with E-state index in [0.717, 1.165) is 16.6 Å². The molecule has 0 radical (unpaired) electrons. The highest BCUT2D eigenvalue weighted by Gasteiger charge is 2.30. The quantitative estimate of drug-likeness (QED) is 0.559. The first-order valence-corrected chi connectivity index (χ1v) is 10.3. The Bertz CT molecular complexity index is 1220. The number of benzene rings is 2. The Kier molecular flexibility index (Phi) is 4.52.